The Kier molecular flexibility index (Phi) is 4.54. The number of hydrazone groups is 1. The van der Waals surface area contributed by atoms with Crippen molar-refractivity contribution in [1.82, 2.24) is 15.6 Å². The van der Waals surface area contributed by atoms with Gasteiger partial charge in [-0.15, -0.1) is 0 Å². The summed E-state index contributed by atoms with van der Waals surface area (Å²) >= 11 is 0. The molecule has 8 heteroatoms. The zero-order valence-electron chi connectivity index (χ0n) is 12.9. The summed E-state index contributed by atoms with van der Waals surface area (Å²) in [7, 11) is 0. The number of carbonyl (C=O) groups excluding carboxylic acids is 3. The molecule has 2 aliphatic heterocycles. The molecule has 0 aliphatic carbocycles. The van der Waals surface area contributed by atoms with Crippen molar-refractivity contribution in [3.8, 4) is 0 Å². The van der Waals surface area contributed by atoms with Crippen LogP contribution >= 0.6 is 0 Å². The molecule has 7 nitrogen and oxygen atoms in total. The first-order chi connectivity index (χ1) is 11.5. The minimum absolute atomic E-state index is 0.0982. The average Bonchev–Trinajstić information content (AvgIpc) is 2.96. The van der Waals surface area contributed by atoms with Crippen LogP contribution in [0.15, 0.2) is 29.4 Å². The molecule has 0 bridgehead atoms. The summed E-state index contributed by atoms with van der Waals surface area (Å²) in [5, 5.41) is 10.7. The standard InChI is InChI=1S/C16H17FN4O3/c17-11-3-1-10(2-4-11)9-21-15(23)6-5-13(20-21)16(24)19-12-7-14(22)18-8-12/h1-4,12H,5-9H2,(H,18,22)(H,19,24). The number of hydrogen-bond donors (Lipinski definition) is 2. The molecule has 3 amide bonds. The number of rotatable bonds is 4. The highest BCUT2D eigenvalue weighted by molar-refractivity contribution is 6.39. The zero-order chi connectivity index (χ0) is 17.1. The molecule has 0 radical (unpaired) electrons. The van der Waals surface area contributed by atoms with Gasteiger partial charge in [-0.25, -0.2) is 9.40 Å². The lowest BCUT2D eigenvalue weighted by atomic mass is 10.1. The number of benzene rings is 1. The highest BCUT2D eigenvalue weighted by Gasteiger charge is 2.28. The number of amides is 3. The van der Waals surface area contributed by atoms with Gasteiger partial charge in [-0.3, -0.25) is 14.4 Å². The Bertz CT molecular complexity index is 702. The molecule has 2 N–H and O–H groups in total. The van der Waals surface area contributed by atoms with E-state index in [-0.39, 0.29) is 61.1 Å². The second kappa shape index (κ2) is 6.77. The smallest absolute Gasteiger partial charge is 0.267 e. The van der Waals surface area contributed by atoms with E-state index in [1.165, 1.54) is 17.1 Å². The fourth-order valence-corrected chi connectivity index (χ4v) is 2.63. The van der Waals surface area contributed by atoms with E-state index >= 15 is 0 Å². The minimum Gasteiger partial charge on any atom is -0.354 e. The molecule has 0 spiro atoms. The van der Waals surface area contributed by atoms with Crippen molar-refractivity contribution in [2.24, 2.45) is 5.10 Å². The van der Waals surface area contributed by atoms with Crippen LogP contribution in [0, 0.1) is 5.82 Å². The lowest BCUT2D eigenvalue weighted by Gasteiger charge is -2.23. The summed E-state index contributed by atoms with van der Waals surface area (Å²) in [4.78, 5) is 35.4. The van der Waals surface area contributed by atoms with Gasteiger partial charge in [0.2, 0.25) is 11.8 Å². The molecule has 3 rings (SSSR count). The van der Waals surface area contributed by atoms with Crippen LogP contribution in [0.3, 0.4) is 0 Å². The highest BCUT2D eigenvalue weighted by Crippen LogP contribution is 2.14. The second-order valence-electron chi connectivity index (χ2n) is 5.80. The topological polar surface area (TPSA) is 90.9 Å². The average molecular weight is 332 g/mol. The molecule has 1 unspecified atom stereocenters. The molecular weight excluding hydrogens is 315 g/mol. The maximum absolute atomic E-state index is 12.9. The van der Waals surface area contributed by atoms with Crippen molar-refractivity contribution in [2.45, 2.75) is 31.8 Å². The first-order valence-corrected chi connectivity index (χ1v) is 7.71. The molecule has 0 saturated carbocycles. The summed E-state index contributed by atoms with van der Waals surface area (Å²) in [5.74, 6) is -1.01. The second-order valence-corrected chi connectivity index (χ2v) is 5.80. The fourth-order valence-electron chi connectivity index (χ4n) is 2.63. The Labute approximate surface area is 137 Å². The minimum atomic E-state index is -0.367. The fraction of sp³-hybridized carbons (Fsp3) is 0.375. The van der Waals surface area contributed by atoms with Gasteiger partial charge >= 0.3 is 0 Å². The molecule has 1 fully saturated rings. The predicted molar refractivity (Wildman–Crippen MR) is 83.2 cm³/mol. The van der Waals surface area contributed by atoms with Crippen LogP contribution in [0.25, 0.3) is 0 Å². The van der Waals surface area contributed by atoms with Gasteiger partial charge in [-0.2, -0.15) is 5.10 Å². The first kappa shape index (κ1) is 16.1. The van der Waals surface area contributed by atoms with Gasteiger partial charge < -0.3 is 10.6 Å². The molecule has 2 heterocycles. The zero-order valence-corrected chi connectivity index (χ0v) is 12.9. The van der Waals surface area contributed by atoms with E-state index in [1.807, 2.05) is 0 Å². The number of halogens is 1. The Morgan fingerprint density at radius 3 is 2.71 bits per heavy atom. The van der Waals surface area contributed by atoms with Gasteiger partial charge in [0.25, 0.3) is 5.91 Å². The summed E-state index contributed by atoms with van der Waals surface area (Å²) in [6.45, 7) is 0.579. The number of nitrogens with one attached hydrogen (secondary N) is 2. The molecule has 1 aromatic carbocycles. The third-order valence-corrected chi connectivity index (χ3v) is 3.93. The van der Waals surface area contributed by atoms with Gasteiger partial charge in [0.1, 0.15) is 11.5 Å². The van der Waals surface area contributed by atoms with Crippen LogP contribution in [0.1, 0.15) is 24.8 Å². The third kappa shape index (κ3) is 3.76. The SMILES string of the molecule is O=C1CC(NC(=O)C2=NN(Cc3ccc(F)cc3)C(=O)CC2)CN1. The Morgan fingerprint density at radius 1 is 1.29 bits per heavy atom. The molecule has 126 valence electrons. The number of nitrogens with zero attached hydrogens (tertiary/aromatic N) is 2. The maximum Gasteiger partial charge on any atom is 0.267 e. The molecule has 0 aromatic heterocycles. The van der Waals surface area contributed by atoms with Crippen LogP contribution in [0.4, 0.5) is 4.39 Å². The summed E-state index contributed by atoms with van der Waals surface area (Å²) in [6.07, 6.45) is 0.700. The van der Waals surface area contributed by atoms with Crippen LogP contribution < -0.4 is 10.6 Å². The normalized spacial score (nSPS) is 20.6. The monoisotopic (exact) mass is 332 g/mol. The van der Waals surface area contributed by atoms with Gasteiger partial charge in [0.15, 0.2) is 0 Å². The molecule has 2 aliphatic rings. The summed E-state index contributed by atoms with van der Waals surface area (Å²) in [5.41, 5.74) is 0.983. The summed E-state index contributed by atoms with van der Waals surface area (Å²) in [6, 6.07) is 5.51. The van der Waals surface area contributed by atoms with Gasteiger partial charge in [0, 0.05) is 25.8 Å². The van der Waals surface area contributed by atoms with Gasteiger partial charge in [0.05, 0.1) is 12.6 Å². The van der Waals surface area contributed by atoms with E-state index < -0.39 is 0 Å². The van der Waals surface area contributed by atoms with E-state index in [9.17, 15) is 18.8 Å². The molecule has 1 atom stereocenters. The summed E-state index contributed by atoms with van der Waals surface area (Å²) < 4.78 is 12.9. The largest absolute Gasteiger partial charge is 0.354 e. The van der Waals surface area contributed by atoms with Crippen molar-refractivity contribution in [2.75, 3.05) is 6.54 Å². The molecular formula is C16H17FN4O3. The van der Waals surface area contributed by atoms with Crippen LogP contribution in [-0.4, -0.2) is 41.0 Å². The van der Waals surface area contributed by atoms with Crippen LogP contribution in [0.5, 0.6) is 0 Å². The van der Waals surface area contributed by atoms with Crippen molar-refractivity contribution in [3.05, 3.63) is 35.6 Å². The first-order valence-electron chi connectivity index (χ1n) is 7.71. The van der Waals surface area contributed by atoms with E-state index in [4.69, 9.17) is 0 Å². The van der Waals surface area contributed by atoms with Crippen molar-refractivity contribution >= 4 is 23.4 Å². The third-order valence-electron chi connectivity index (χ3n) is 3.93. The number of hydrogen-bond acceptors (Lipinski definition) is 4. The molecule has 24 heavy (non-hydrogen) atoms. The maximum atomic E-state index is 12.9. The van der Waals surface area contributed by atoms with Crippen molar-refractivity contribution in [3.63, 3.8) is 0 Å². The van der Waals surface area contributed by atoms with Crippen molar-refractivity contribution < 1.29 is 18.8 Å². The van der Waals surface area contributed by atoms with E-state index in [0.717, 1.165) is 5.56 Å². The van der Waals surface area contributed by atoms with E-state index in [0.29, 0.717) is 6.54 Å². The van der Waals surface area contributed by atoms with Gasteiger partial charge in [-0.05, 0) is 17.7 Å². The lowest BCUT2D eigenvalue weighted by molar-refractivity contribution is -0.132. The lowest BCUT2D eigenvalue weighted by Crippen LogP contribution is -2.43. The Hall–Kier alpha value is -2.77. The molecule has 1 aromatic rings. The molecule has 1 saturated heterocycles. The Morgan fingerprint density at radius 2 is 2.04 bits per heavy atom. The van der Waals surface area contributed by atoms with Gasteiger partial charge in [-0.1, -0.05) is 12.1 Å². The van der Waals surface area contributed by atoms with E-state index in [2.05, 4.69) is 15.7 Å². The number of carbonyl (C=O) groups is 3. The van der Waals surface area contributed by atoms with E-state index in [1.54, 1.807) is 12.1 Å². The quantitative estimate of drug-likeness (QED) is 0.831. The van der Waals surface area contributed by atoms with Crippen molar-refractivity contribution in [1.29, 1.82) is 0 Å². The highest BCUT2D eigenvalue weighted by atomic mass is 19.1. The van der Waals surface area contributed by atoms with Crippen LogP contribution in [-0.2, 0) is 20.9 Å². The Balaban J connectivity index is 1.66. The van der Waals surface area contributed by atoms with Crippen LogP contribution in [0.2, 0.25) is 0 Å². The predicted octanol–water partition coefficient (Wildman–Crippen LogP) is 0.309.